The summed E-state index contributed by atoms with van der Waals surface area (Å²) in [7, 11) is 2.11. The summed E-state index contributed by atoms with van der Waals surface area (Å²) in [6.07, 6.45) is 2.13. The van der Waals surface area contributed by atoms with Crippen molar-refractivity contribution in [1.29, 1.82) is 0 Å². The van der Waals surface area contributed by atoms with E-state index in [2.05, 4.69) is 62.5 Å². The van der Waals surface area contributed by atoms with E-state index in [0.29, 0.717) is 0 Å². The molecule has 1 aromatic carbocycles. The Bertz CT molecular complexity index is 402. The van der Waals surface area contributed by atoms with Gasteiger partial charge >= 0.3 is 0 Å². The fraction of sp³-hybridized carbons (Fsp3) is 0.600. The minimum Gasteiger partial charge on any atom is -0.374 e. The topological polar surface area (TPSA) is 15.3 Å². The van der Waals surface area contributed by atoms with Gasteiger partial charge in [0.25, 0.3) is 0 Å². The molecule has 108 valence electrons. The molecule has 2 nitrogen and oxygen atoms in total. The van der Waals surface area contributed by atoms with Crippen LogP contribution in [0.3, 0.4) is 0 Å². The Hall–Kier alpha value is -0.380. The second kappa shape index (κ2) is 7.41. The quantitative estimate of drug-likeness (QED) is 0.854. The van der Waals surface area contributed by atoms with E-state index in [4.69, 9.17) is 11.6 Å². The van der Waals surface area contributed by atoms with Crippen LogP contribution in [0, 0.1) is 0 Å². The maximum absolute atomic E-state index is 6.36. The lowest BCUT2D eigenvalue weighted by Gasteiger charge is -2.22. The summed E-state index contributed by atoms with van der Waals surface area (Å²) in [5, 5.41) is 4.30. The van der Waals surface area contributed by atoms with Crippen LogP contribution in [-0.2, 0) is 6.54 Å². The van der Waals surface area contributed by atoms with Gasteiger partial charge in [0.15, 0.2) is 0 Å². The summed E-state index contributed by atoms with van der Waals surface area (Å²) in [6, 6.07) is 6.32. The SMILES string of the molecule is CSCCN(C)c1ccc(CNC(C)(C)C)c(Cl)c1. The van der Waals surface area contributed by atoms with Crippen LogP contribution in [0.2, 0.25) is 5.02 Å². The average Bonchev–Trinajstić information content (AvgIpc) is 2.33. The molecular formula is C15H25ClN2S. The van der Waals surface area contributed by atoms with Gasteiger partial charge in [0.2, 0.25) is 0 Å². The summed E-state index contributed by atoms with van der Waals surface area (Å²) < 4.78 is 0. The van der Waals surface area contributed by atoms with Crippen LogP contribution in [0.15, 0.2) is 18.2 Å². The largest absolute Gasteiger partial charge is 0.374 e. The Morgan fingerprint density at radius 2 is 2.00 bits per heavy atom. The van der Waals surface area contributed by atoms with Crippen molar-refractivity contribution in [2.24, 2.45) is 0 Å². The van der Waals surface area contributed by atoms with Gasteiger partial charge < -0.3 is 10.2 Å². The number of thioether (sulfide) groups is 1. The van der Waals surface area contributed by atoms with Crippen LogP contribution >= 0.6 is 23.4 Å². The monoisotopic (exact) mass is 300 g/mol. The van der Waals surface area contributed by atoms with Crippen molar-refractivity contribution in [3.8, 4) is 0 Å². The number of anilines is 1. The third-order valence-electron chi connectivity index (χ3n) is 2.92. The van der Waals surface area contributed by atoms with Crippen molar-refractivity contribution in [3.63, 3.8) is 0 Å². The van der Waals surface area contributed by atoms with Crippen molar-refractivity contribution in [1.82, 2.24) is 5.32 Å². The van der Waals surface area contributed by atoms with E-state index in [9.17, 15) is 0 Å². The highest BCUT2D eigenvalue weighted by molar-refractivity contribution is 7.98. The second-order valence-electron chi connectivity index (χ2n) is 5.79. The van der Waals surface area contributed by atoms with E-state index in [0.717, 1.165) is 29.4 Å². The highest BCUT2D eigenvalue weighted by atomic mass is 35.5. The van der Waals surface area contributed by atoms with E-state index < -0.39 is 0 Å². The molecule has 0 aliphatic heterocycles. The van der Waals surface area contributed by atoms with Crippen molar-refractivity contribution in [3.05, 3.63) is 28.8 Å². The van der Waals surface area contributed by atoms with Gasteiger partial charge in [0, 0.05) is 42.1 Å². The molecule has 0 heterocycles. The molecule has 0 spiro atoms. The predicted octanol–water partition coefficient (Wildman–Crippen LogP) is 4.03. The number of rotatable bonds is 6. The second-order valence-corrected chi connectivity index (χ2v) is 7.19. The molecule has 0 unspecified atom stereocenters. The number of nitrogens with one attached hydrogen (secondary N) is 1. The third-order valence-corrected chi connectivity index (χ3v) is 3.86. The van der Waals surface area contributed by atoms with Gasteiger partial charge in [0.1, 0.15) is 0 Å². The number of hydrogen-bond donors (Lipinski definition) is 1. The first-order chi connectivity index (χ1) is 8.83. The van der Waals surface area contributed by atoms with Crippen LogP contribution in [0.5, 0.6) is 0 Å². The first-order valence-corrected chi connectivity index (χ1v) is 8.34. The highest BCUT2D eigenvalue weighted by Gasteiger charge is 2.11. The fourth-order valence-electron chi connectivity index (χ4n) is 1.63. The molecule has 0 aromatic heterocycles. The number of halogens is 1. The standard InChI is InChI=1S/C15H25ClN2S/c1-15(2,3)17-11-12-6-7-13(10-14(12)16)18(4)8-9-19-5/h6-7,10,17H,8-9,11H2,1-5H3. The molecule has 4 heteroatoms. The van der Waals surface area contributed by atoms with Crippen LogP contribution in [0.1, 0.15) is 26.3 Å². The Morgan fingerprint density at radius 1 is 1.32 bits per heavy atom. The van der Waals surface area contributed by atoms with E-state index in [-0.39, 0.29) is 5.54 Å². The Morgan fingerprint density at radius 3 is 2.53 bits per heavy atom. The molecule has 1 N–H and O–H groups in total. The normalized spacial score (nSPS) is 11.7. The molecular weight excluding hydrogens is 276 g/mol. The predicted molar refractivity (Wildman–Crippen MR) is 89.7 cm³/mol. The van der Waals surface area contributed by atoms with Crippen LogP contribution < -0.4 is 10.2 Å². The molecule has 0 amide bonds. The molecule has 0 fully saturated rings. The van der Waals surface area contributed by atoms with Crippen molar-refractivity contribution in [2.45, 2.75) is 32.9 Å². The Kier molecular flexibility index (Phi) is 6.51. The number of nitrogens with zero attached hydrogens (tertiary/aromatic N) is 1. The lowest BCUT2D eigenvalue weighted by Crippen LogP contribution is -2.35. The molecule has 0 saturated heterocycles. The molecule has 1 rings (SSSR count). The molecule has 0 atom stereocenters. The van der Waals surface area contributed by atoms with Gasteiger partial charge in [-0.2, -0.15) is 11.8 Å². The summed E-state index contributed by atoms with van der Waals surface area (Å²) >= 11 is 8.22. The fourth-order valence-corrected chi connectivity index (χ4v) is 2.33. The molecule has 19 heavy (non-hydrogen) atoms. The van der Waals surface area contributed by atoms with Gasteiger partial charge in [0.05, 0.1) is 0 Å². The number of hydrogen-bond acceptors (Lipinski definition) is 3. The summed E-state index contributed by atoms with van der Waals surface area (Å²) in [6.45, 7) is 8.32. The van der Waals surface area contributed by atoms with Gasteiger partial charge in [-0.1, -0.05) is 17.7 Å². The minimum atomic E-state index is 0.108. The number of benzene rings is 1. The Balaban J connectivity index is 2.69. The van der Waals surface area contributed by atoms with Crippen LogP contribution in [0.25, 0.3) is 0 Å². The minimum absolute atomic E-state index is 0.108. The summed E-state index contributed by atoms with van der Waals surface area (Å²) in [5.41, 5.74) is 2.44. The summed E-state index contributed by atoms with van der Waals surface area (Å²) in [4.78, 5) is 2.24. The van der Waals surface area contributed by atoms with Crippen molar-refractivity contribution in [2.75, 3.05) is 30.5 Å². The lowest BCUT2D eigenvalue weighted by molar-refractivity contribution is 0.424. The van der Waals surface area contributed by atoms with E-state index in [1.54, 1.807) is 0 Å². The Labute approximate surface area is 126 Å². The van der Waals surface area contributed by atoms with Crippen molar-refractivity contribution < 1.29 is 0 Å². The third kappa shape index (κ3) is 6.07. The molecule has 0 aliphatic carbocycles. The first kappa shape index (κ1) is 16.7. The van der Waals surface area contributed by atoms with E-state index in [1.165, 1.54) is 5.69 Å². The molecule has 0 aliphatic rings. The maximum atomic E-state index is 6.36. The van der Waals surface area contributed by atoms with Gasteiger partial charge in [-0.15, -0.1) is 0 Å². The summed E-state index contributed by atoms with van der Waals surface area (Å²) in [5.74, 6) is 1.13. The zero-order valence-electron chi connectivity index (χ0n) is 12.6. The van der Waals surface area contributed by atoms with Gasteiger partial charge in [-0.25, -0.2) is 0 Å². The zero-order chi connectivity index (χ0) is 14.5. The van der Waals surface area contributed by atoms with Gasteiger partial charge in [-0.05, 0) is 44.7 Å². The lowest BCUT2D eigenvalue weighted by atomic mass is 10.1. The molecule has 1 aromatic rings. The van der Waals surface area contributed by atoms with Crippen molar-refractivity contribution >= 4 is 29.1 Å². The molecule has 0 bridgehead atoms. The van der Waals surface area contributed by atoms with E-state index >= 15 is 0 Å². The van der Waals surface area contributed by atoms with Gasteiger partial charge in [-0.3, -0.25) is 0 Å². The van der Waals surface area contributed by atoms with E-state index in [1.807, 2.05) is 11.8 Å². The van der Waals surface area contributed by atoms with Crippen LogP contribution in [-0.4, -0.2) is 31.1 Å². The average molecular weight is 301 g/mol. The molecule has 0 radical (unpaired) electrons. The maximum Gasteiger partial charge on any atom is 0.0471 e. The zero-order valence-corrected chi connectivity index (χ0v) is 14.2. The highest BCUT2D eigenvalue weighted by Crippen LogP contribution is 2.23. The first-order valence-electron chi connectivity index (χ1n) is 6.57. The smallest absolute Gasteiger partial charge is 0.0471 e. The molecule has 0 saturated carbocycles. The van der Waals surface area contributed by atoms with Crippen LogP contribution in [0.4, 0.5) is 5.69 Å².